The molecule has 2 rings (SSSR count). The fourth-order valence-electron chi connectivity index (χ4n) is 2.04. The Bertz CT molecular complexity index is 668. The molecule has 4 heteroatoms. The van der Waals surface area contributed by atoms with Gasteiger partial charge in [-0.3, -0.25) is 4.79 Å². The van der Waals surface area contributed by atoms with Crippen molar-refractivity contribution in [2.24, 2.45) is 0 Å². The molecule has 0 amide bonds. The third-order valence-corrected chi connectivity index (χ3v) is 3.92. The molecule has 2 aromatic rings. The predicted molar refractivity (Wildman–Crippen MR) is 83.2 cm³/mol. The van der Waals surface area contributed by atoms with Gasteiger partial charge in [-0.1, -0.05) is 35.5 Å². The van der Waals surface area contributed by atoms with E-state index in [-0.39, 0.29) is 17.5 Å². The monoisotopic (exact) mass is 304 g/mol. The van der Waals surface area contributed by atoms with Crippen molar-refractivity contribution >= 4 is 16.9 Å². The first kappa shape index (κ1) is 15.6. The number of hydrogen-bond donors (Lipinski definition) is 0. The molecule has 0 N–H and O–H groups in total. The molecule has 0 saturated carbocycles. The molecule has 0 fully saturated rings. The SMILES string of the molecule is CC(=O)Sc1cccc(F)c1COc1ccc(C)cc1C. The highest BCUT2D eigenvalue weighted by Crippen LogP contribution is 2.27. The first-order valence-corrected chi connectivity index (χ1v) is 7.45. The highest BCUT2D eigenvalue weighted by Gasteiger charge is 2.12. The molecule has 0 heterocycles. The maximum Gasteiger partial charge on any atom is 0.190 e. The van der Waals surface area contributed by atoms with E-state index in [0.717, 1.165) is 28.6 Å². The summed E-state index contributed by atoms with van der Waals surface area (Å²) in [6.07, 6.45) is 0. The molecule has 0 spiro atoms. The molecule has 2 nitrogen and oxygen atoms in total. The summed E-state index contributed by atoms with van der Waals surface area (Å²) in [6.45, 7) is 5.53. The van der Waals surface area contributed by atoms with Crippen molar-refractivity contribution in [1.82, 2.24) is 0 Å². The minimum absolute atomic E-state index is 0.0756. The smallest absolute Gasteiger partial charge is 0.190 e. The van der Waals surface area contributed by atoms with Gasteiger partial charge in [0.15, 0.2) is 5.12 Å². The summed E-state index contributed by atoms with van der Waals surface area (Å²) < 4.78 is 19.7. The molecule has 0 bridgehead atoms. The summed E-state index contributed by atoms with van der Waals surface area (Å²) in [7, 11) is 0. The maximum absolute atomic E-state index is 14.0. The van der Waals surface area contributed by atoms with Gasteiger partial charge >= 0.3 is 0 Å². The van der Waals surface area contributed by atoms with Crippen molar-refractivity contribution in [1.29, 1.82) is 0 Å². The van der Waals surface area contributed by atoms with Crippen molar-refractivity contribution in [3.8, 4) is 5.75 Å². The van der Waals surface area contributed by atoms with Gasteiger partial charge in [-0.05, 0) is 37.6 Å². The van der Waals surface area contributed by atoms with Crippen LogP contribution in [0.3, 0.4) is 0 Å². The van der Waals surface area contributed by atoms with Gasteiger partial charge in [0.2, 0.25) is 0 Å². The number of thioether (sulfide) groups is 1. The van der Waals surface area contributed by atoms with Gasteiger partial charge in [0.25, 0.3) is 0 Å². The predicted octanol–water partition coefficient (Wildman–Crippen LogP) is 4.66. The van der Waals surface area contributed by atoms with Crippen LogP contribution < -0.4 is 4.74 Å². The zero-order valence-electron chi connectivity index (χ0n) is 12.3. The third kappa shape index (κ3) is 4.08. The van der Waals surface area contributed by atoms with Gasteiger partial charge in [-0.25, -0.2) is 4.39 Å². The van der Waals surface area contributed by atoms with Gasteiger partial charge in [0, 0.05) is 17.4 Å². The first-order valence-electron chi connectivity index (χ1n) is 6.63. The lowest BCUT2D eigenvalue weighted by molar-refractivity contribution is -0.109. The van der Waals surface area contributed by atoms with E-state index in [1.165, 1.54) is 13.0 Å². The summed E-state index contributed by atoms with van der Waals surface area (Å²) in [4.78, 5) is 11.8. The van der Waals surface area contributed by atoms with Crippen LogP contribution in [0.5, 0.6) is 5.75 Å². The zero-order chi connectivity index (χ0) is 15.4. The quantitative estimate of drug-likeness (QED) is 0.768. The number of aryl methyl sites for hydroxylation is 2. The summed E-state index contributed by atoms with van der Waals surface area (Å²) in [5, 5.41) is -0.0756. The van der Waals surface area contributed by atoms with Crippen molar-refractivity contribution in [2.45, 2.75) is 32.3 Å². The van der Waals surface area contributed by atoms with Crippen LogP contribution in [0, 0.1) is 19.7 Å². The highest BCUT2D eigenvalue weighted by molar-refractivity contribution is 8.13. The zero-order valence-corrected chi connectivity index (χ0v) is 13.1. The molecule has 0 atom stereocenters. The van der Waals surface area contributed by atoms with Crippen LogP contribution in [0.4, 0.5) is 4.39 Å². The molecule has 0 aliphatic rings. The molecule has 0 aliphatic carbocycles. The first-order chi connectivity index (χ1) is 9.97. The standard InChI is InChI=1S/C17H17FO2S/c1-11-7-8-16(12(2)9-11)20-10-14-15(18)5-4-6-17(14)21-13(3)19/h4-9H,10H2,1-3H3. The molecule has 0 aromatic heterocycles. The Balaban J connectivity index is 2.21. The van der Waals surface area contributed by atoms with Crippen LogP contribution in [0.15, 0.2) is 41.3 Å². The number of halogens is 1. The Morgan fingerprint density at radius 3 is 2.67 bits per heavy atom. The summed E-state index contributed by atoms with van der Waals surface area (Å²) in [5.41, 5.74) is 2.57. The highest BCUT2D eigenvalue weighted by atomic mass is 32.2. The van der Waals surface area contributed by atoms with E-state index in [2.05, 4.69) is 0 Å². The van der Waals surface area contributed by atoms with Gasteiger partial charge in [0.1, 0.15) is 18.2 Å². The Morgan fingerprint density at radius 2 is 2.00 bits per heavy atom. The van der Waals surface area contributed by atoms with Gasteiger partial charge in [0.05, 0.1) is 0 Å². The lowest BCUT2D eigenvalue weighted by atomic mass is 10.1. The second kappa shape index (κ2) is 6.76. The van der Waals surface area contributed by atoms with E-state index >= 15 is 0 Å². The van der Waals surface area contributed by atoms with E-state index in [9.17, 15) is 9.18 Å². The number of ether oxygens (including phenoxy) is 1. The maximum atomic E-state index is 14.0. The fourth-order valence-corrected chi connectivity index (χ4v) is 2.78. The Morgan fingerprint density at radius 1 is 1.24 bits per heavy atom. The minimum Gasteiger partial charge on any atom is -0.488 e. The topological polar surface area (TPSA) is 26.3 Å². The molecule has 0 radical (unpaired) electrons. The molecule has 0 unspecified atom stereocenters. The molecule has 21 heavy (non-hydrogen) atoms. The molecule has 0 saturated heterocycles. The van der Waals surface area contributed by atoms with Gasteiger partial charge in [-0.15, -0.1) is 0 Å². The molecular formula is C17H17FO2S. The van der Waals surface area contributed by atoms with Crippen LogP contribution in [0.1, 0.15) is 23.6 Å². The minimum atomic E-state index is -0.356. The molecular weight excluding hydrogens is 287 g/mol. The number of rotatable bonds is 4. The van der Waals surface area contributed by atoms with E-state index in [0.29, 0.717) is 10.5 Å². The summed E-state index contributed by atoms with van der Waals surface area (Å²) in [6, 6.07) is 10.6. The molecule has 2 aromatic carbocycles. The average molecular weight is 304 g/mol. The fraction of sp³-hybridized carbons (Fsp3) is 0.235. The summed E-state index contributed by atoms with van der Waals surface area (Å²) in [5.74, 6) is 0.369. The van der Waals surface area contributed by atoms with E-state index < -0.39 is 0 Å². The van der Waals surface area contributed by atoms with Gasteiger partial charge < -0.3 is 4.74 Å². The van der Waals surface area contributed by atoms with E-state index in [4.69, 9.17) is 4.74 Å². The van der Waals surface area contributed by atoms with Crippen LogP contribution in [0.2, 0.25) is 0 Å². The van der Waals surface area contributed by atoms with Crippen molar-refractivity contribution in [3.05, 3.63) is 58.9 Å². The van der Waals surface area contributed by atoms with Crippen molar-refractivity contribution in [2.75, 3.05) is 0 Å². The second-order valence-corrected chi connectivity index (χ2v) is 6.09. The van der Waals surface area contributed by atoms with Crippen LogP contribution in [0.25, 0.3) is 0 Å². The largest absolute Gasteiger partial charge is 0.488 e. The molecule has 0 aliphatic heterocycles. The average Bonchev–Trinajstić information content (AvgIpc) is 2.39. The summed E-state index contributed by atoms with van der Waals surface area (Å²) >= 11 is 1.02. The lowest BCUT2D eigenvalue weighted by Crippen LogP contribution is -2.02. The number of carbonyl (C=O) groups excluding carboxylic acids is 1. The Labute approximate surface area is 128 Å². The van der Waals surface area contributed by atoms with E-state index in [1.54, 1.807) is 12.1 Å². The molecule has 110 valence electrons. The van der Waals surface area contributed by atoms with Crippen LogP contribution in [-0.2, 0) is 11.4 Å². The normalized spacial score (nSPS) is 10.5. The number of hydrogen-bond acceptors (Lipinski definition) is 3. The third-order valence-electron chi connectivity index (χ3n) is 3.03. The second-order valence-electron chi connectivity index (χ2n) is 4.87. The Hall–Kier alpha value is -1.81. The lowest BCUT2D eigenvalue weighted by Gasteiger charge is -2.13. The van der Waals surface area contributed by atoms with Crippen LogP contribution in [-0.4, -0.2) is 5.12 Å². The number of benzene rings is 2. The Kier molecular flexibility index (Phi) is 5.02. The van der Waals surface area contributed by atoms with Crippen LogP contribution >= 0.6 is 11.8 Å². The van der Waals surface area contributed by atoms with Gasteiger partial charge in [-0.2, -0.15) is 0 Å². The van der Waals surface area contributed by atoms with Crippen molar-refractivity contribution < 1.29 is 13.9 Å². The van der Waals surface area contributed by atoms with E-state index in [1.807, 2.05) is 32.0 Å². The number of carbonyl (C=O) groups is 1. The van der Waals surface area contributed by atoms with Crippen molar-refractivity contribution in [3.63, 3.8) is 0 Å².